The van der Waals surface area contributed by atoms with Gasteiger partial charge in [0.2, 0.25) is 0 Å². The lowest BCUT2D eigenvalue weighted by molar-refractivity contribution is 0.494. The van der Waals surface area contributed by atoms with E-state index in [0.717, 1.165) is 0 Å². The van der Waals surface area contributed by atoms with Crippen molar-refractivity contribution in [3.8, 4) is 0 Å². The first-order chi connectivity index (χ1) is 3.13. The summed E-state index contributed by atoms with van der Waals surface area (Å²) >= 11 is 0. The summed E-state index contributed by atoms with van der Waals surface area (Å²) in [4.78, 5) is 8.27. The Hall–Kier alpha value is 0.722. The van der Waals surface area contributed by atoms with Crippen LogP contribution in [-0.2, 0) is 4.57 Å². The fourth-order valence-corrected chi connectivity index (χ4v) is 1.05. The molecule has 0 saturated heterocycles. The zero-order chi connectivity index (χ0) is 5.86. The molecule has 0 aromatic carbocycles. The van der Waals surface area contributed by atoms with Crippen molar-refractivity contribution in [3.05, 3.63) is 0 Å². The van der Waals surface area contributed by atoms with Crippen LogP contribution in [0.3, 0.4) is 0 Å². The molecule has 0 radical (unpaired) electrons. The molecule has 0 fully saturated rings. The van der Waals surface area contributed by atoms with E-state index in [2.05, 4.69) is 0 Å². The van der Waals surface area contributed by atoms with E-state index in [4.69, 9.17) is 4.89 Å². The molecule has 0 aromatic rings. The number of hydrogen-bond acceptors (Lipinski definition) is 1. The second-order valence-corrected chi connectivity index (χ2v) is 3.19. The molecule has 0 aliphatic carbocycles. The smallest absolute Gasteiger partial charge is 0.189 e. The third kappa shape index (κ3) is 9.87. The third-order valence-corrected chi connectivity index (χ3v) is 1.75. The summed E-state index contributed by atoms with van der Waals surface area (Å²) in [6.07, 6.45) is 0.463. The molecule has 8 heavy (non-hydrogen) atoms. The molecule has 0 aliphatic rings. The minimum absolute atomic E-state index is 0. The topological polar surface area (TPSA) is 37.3 Å². The van der Waals surface area contributed by atoms with Gasteiger partial charge in [0.1, 0.15) is 0 Å². The van der Waals surface area contributed by atoms with Crippen molar-refractivity contribution >= 4 is 25.4 Å². The predicted octanol–water partition coefficient (Wildman–Crippen LogP) is -0.0745. The molecule has 1 N–H and O–H groups in total. The Kier molecular flexibility index (Phi) is 8.42. The molecule has 50 valence electrons. The Balaban J connectivity index is 0. The van der Waals surface area contributed by atoms with Crippen LogP contribution in [0.25, 0.3) is 0 Å². The molecule has 0 spiro atoms. The highest BCUT2D eigenvalue weighted by molar-refractivity contribution is 7.37. The predicted molar refractivity (Wildman–Crippen MR) is 40.9 cm³/mol. The molecule has 0 aliphatic heterocycles. The van der Waals surface area contributed by atoms with Crippen LogP contribution in [0, 0.1) is 5.92 Å². The van der Waals surface area contributed by atoms with Gasteiger partial charge in [-0.25, -0.2) is 0 Å². The maximum Gasteiger partial charge on any atom is 0.189 e. The first-order valence-corrected chi connectivity index (χ1v) is 3.91. The third-order valence-electron chi connectivity index (χ3n) is 0.583. The van der Waals surface area contributed by atoms with Gasteiger partial charge in [-0.1, -0.05) is 13.8 Å². The van der Waals surface area contributed by atoms with E-state index in [-0.39, 0.29) is 17.4 Å². The lowest BCUT2D eigenvalue weighted by Gasteiger charge is -1.95. The SMILES string of the molecule is CC(C)C[PH](=O)O.[AlH3]. The van der Waals surface area contributed by atoms with Crippen molar-refractivity contribution in [1.82, 2.24) is 0 Å². The maximum atomic E-state index is 9.99. The van der Waals surface area contributed by atoms with Crippen LogP contribution in [0.15, 0.2) is 0 Å². The summed E-state index contributed by atoms with van der Waals surface area (Å²) < 4.78 is 9.99. The van der Waals surface area contributed by atoms with Gasteiger partial charge >= 0.3 is 0 Å². The Morgan fingerprint density at radius 2 is 2.00 bits per heavy atom. The molecular weight excluding hydrogens is 138 g/mol. The van der Waals surface area contributed by atoms with Crippen LogP contribution in [0.2, 0.25) is 0 Å². The minimum Gasteiger partial charge on any atom is -0.346 e. The summed E-state index contributed by atoms with van der Waals surface area (Å²) in [5, 5.41) is 0. The zero-order valence-corrected chi connectivity index (χ0v) is 5.64. The van der Waals surface area contributed by atoms with Crippen molar-refractivity contribution < 1.29 is 9.46 Å². The largest absolute Gasteiger partial charge is 0.346 e. The average Bonchev–Trinajstić information content (AvgIpc) is 1.27. The Labute approximate surface area is 61.3 Å². The summed E-state index contributed by atoms with van der Waals surface area (Å²) in [5.41, 5.74) is 0. The summed E-state index contributed by atoms with van der Waals surface area (Å²) in [7, 11) is -2.18. The van der Waals surface area contributed by atoms with E-state index in [0.29, 0.717) is 12.1 Å². The fraction of sp³-hybridized carbons (Fsp3) is 1.00. The molecule has 2 nitrogen and oxygen atoms in total. The molecule has 0 heterocycles. The molecule has 0 saturated carbocycles. The Morgan fingerprint density at radius 3 is 2.00 bits per heavy atom. The minimum atomic E-state index is -2.18. The highest BCUT2D eigenvalue weighted by Gasteiger charge is 1.95. The van der Waals surface area contributed by atoms with Gasteiger partial charge < -0.3 is 4.89 Å². The van der Waals surface area contributed by atoms with Crippen molar-refractivity contribution in [2.75, 3.05) is 6.16 Å². The van der Waals surface area contributed by atoms with Gasteiger partial charge in [0.05, 0.1) is 0 Å². The molecule has 4 heteroatoms. The van der Waals surface area contributed by atoms with Crippen LogP contribution in [-0.4, -0.2) is 28.4 Å². The van der Waals surface area contributed by atoms with Gasteiger partial charge in [0.15, 0.2) is 25.4 Å². The Bertz CT molecular complexity index is 74.4. The van der Waals surface area contributed by atoms with Gasteiger partial charge in [-0.2, -0.15) is 0 Å². The van der Waals surface area contributed by atoms with Crippen molar-refractivity contribution in [2.24, 2.45) is 5.92 Å². The second-order valence-electron chi connectivity index (χ2n) is 1.99. The van der Waals surface area contributed by atoms with Crippen molar-refractivity contribution in [1.29, 1.82) is 0 Å². The van der Waals surface area contributed by atoms with Gasteiger partial charge in [-0.05, 0) is 5.92 Å². The van der Waals surface area contributed by atoms with Crippen LogP contribution in [0.5, 0.6) is 0 Å². The van der Waals surface area contributed by atoms with Gasteiger partial charge in [0.25, 0.3) is 0 Å². The van der Waals surface area contributed by atoms with Gasteiger partial charge in [0, 0.05) is 6.16 Å². The normalized spacial score (nSPS) is 13.0. The van der Waals surface area contributed by atoms with E-state index in [1.165, 1.54) is 0 Å². The molecule has 0 aromatic heterocycles. The van der Waals surface area contributed by atoms with E-state index in [1.54, 1.807) is 0 Å². The van der Waals surface area contributed by atoms with E-state index in [9.17, 15) is 4.57 Å². The van der Waals surface area contributed by atoms with Crippen LogP contribution in [0.4, 0.5) is 0 Å². The lowest BCUT2D eigenvalue weighted by Crippen LogP contribution is -1.88. The Morgan fingerprint density at radius 1 is 1.62 bits per heavy atom. The molecule has 1 atom stereocenters. The second kappa shape index (κ2) is 5.85. The maximum absolute atomic E-state index is 9.99. The molecule has 0 bridgehead atoms. The monoisotopic (exact) mass is 152 g/mol. The first kappa shape index (κ1) is 11.5. The van der Waals surface area contributed by atoms with E-state index < -0.39 is 8.03 Å². The number of rotatable bonds is 2. The molecule has 0 rings (SSSR count). The van der Waals surface area contributed by atoms with Gasteiger partial charge in [-0.3, -0.25) is 4.57 Å². The van der Waals surface area contributed by atoms with E-state index in [1.807, 2.05) is 13.8 Å². The summed E-state index contributed by atoms with van der Waals surface area (Å²) in [6.45, 7) is 3.86. The van der Waals surface area contributed by atoms with Crippen LogP contribution < -0.4 is 0 Å². The summed E-state index contributed by atoms with van der Waals surface area (Å²) in [6, 6.07) is 0. The van der Waals surface area contributed by atoms with Crippen LogP contribution in [0.1, 0.15) is 13.8 Å². The number of hydrogen-bond donors (Lipinski definition) is 1. The van der Waals surface area contributed by atoms with Gasteiger partial charge in [-0.15, -0.1) is 0 Å². The standard InChI is InChI=1S/C4H11O2P.Al.3H/c1-4(2)3-7(5)6;;;;/h4,7H,3H2,1-2H3,(H,5,6);;;;. The van der Waals surface area contributed by atoms with Crippen LogP contribution >= 0.6 is 8.03 Å². The zero-order valence-electron chi connectivity index (χ0n) is 4.64. The van der Waals surface area contributed by atoms with Crippen molar-refractivity contribution in [2.45, 2.75) is 13.8 Å². The highest BCUT2D eigenvalue weighted by atomic mass is 31.1. The van der Waals surface area contributed by atoms with Crippen molar-refractivity contribution in [3.63, 3.8) is 0 Å². The summed E-state index contributed by atoms with van der Waals surface area (Å²) in [5.74, 6) is 0.358. The average molecular weight is 152 g/mol. The molecule has 1 unspecified atom stereocenters. The molecular formula is C4H14AlO2P. The molecule has 0 amide bonds. The highest BCUT2D eigenvalue weighted by Crippen LogP contribution is 2.16. The lowest BCUT2D eigenvalue weighted by atomic mass is 10.3. The fourth-order valence-electron chi connectivity index (χ4n) is 0.349. The van der Waals surface area contributed by atoms with E-state index >= 15 is 0 Å². The quantitative estimate of drug-likeness (QED) is 0.444. The first-order valence-electron chi connectivity index (χ1n) is 2.34.